The molecule has 16 nitrogen and oxygen atoms in total. The average Bonchev–Trinajstić information content (AvgIpc) is 3.60. The molecule has 4 amide bonds. The van der Waals surface area contributed by atoms with Gasteiger partial charge in [-0.05, 0) is 54.3 Å². The van der Waals surface area contributed by atoms with Crippen LogP contribution in [0.3, 0.4) is 0 Å². The number of fused-ring (bicyclic) bond motifs is 1. The van der Waals surface area contributed by atoms with Crippen LogP contribution in [0.4, 0.5) is 4.79 Å². The number of carboxylic acids is 3. The van der Waals surface area contributed by atoms with E-state index in [0.29, 0.717) is 29.2 Å². The zero-order valence-corrected chi connectivity index (χ0v) is 26.5. The molecule has 7 N–H and O–H groups in total. The molecule has 0 saturated carbocycles. The van der Waals surface area contributed by atoms with Crippen molar-refractivity contribution in [3.8, 4) is 28.4 Å². The number of amides is 4. The third-order valence-corrected chi connectivity index (χ3v) is 8.79. The van der Waals surface area contributed by atoms with Crippen molar-refractivity contribution in [2.45, 2.75) is 43.0 Å². The van der Waals surface area contributed by atoms with Crippen molar-refractivity contribution in [3.63, 3.8) is 0 Å². The number of rotatable bonds is 19. The first kappa shape index (κ1) is 35.7. The maximum absolute atomic E-state index is 13.1. The number of carbonyl (C=O) groups is 6. The fourth-order valence-corrected chi connectivity index (χ4v) is 6.71. The largest absolute Gasteiger partial charge is 0.482 e. The van der Waals surface area contributed by atoms with Crippen LogP contribution in [0.2, 0.25) is 0 Å². The van der Waals surface area contributed by atoms with Crippen LogP contribution in [0.5, 0.6) is 17.2 Å². The van der Waals surface area contributed by atoms with Crippen LogP contribution in [-0.4, -0.2) is 107 Å². The minimum absolute atomic E-state index is 0.0383. The van der Waals surface area contributed by atoms with Gasteiger partial charge in [-0.1, -0.05) is 6.42 Å². The van der Waals surface area contributed by atoms with E-state index in [2.05, 4.69) is 21.3 Å². The van der Waals surface area contributed by atoms with Crippen molar-refractivity contribution in [1.82, 2.24) is 21.3 Å². The molecule has 0 bridgehead atoms. The van der Waals surface area contributed by atoms with E-state index < -0.39 is 43.6 Å². The van der Waals surface area contributed by atoms with Crippen LogP contribution in [0.15, 0.2) is 36.4 Å². The summed E-state index contributed by atoms with van der Waals surface area (Å²) < 4.78 is 15.8. The summed E-state index contributed by atoms with van der Waals surface area (Å²) in [6.07, 6.45) is 2.74. The van der Waals surface area contributed by atoms with Gasteiger partial charge in [0.1, 0.15) is 17.2 Å². The van der Waals surface area contributed by atoms with E-state index in [0.717, 1.165) is 18.6 Å². The Morgan fingerprint density at radius 1 is 0.750 bits per heavy atom. The average molecular weight is 689 g/mol. The molecule has 2 aromatic carbocycles. The van der Waals surface area contributed by atoms with E-state index in [-0.39, 0.29) is 59.9 Å². The maximum atomic E-state index is 13.1. The summed E-state index contributed by atoms with van der Waals surface area (Å²) in [5.74, 6) is -3.45. The van der Waals surface area contributed by atoms with E-state index in [4.69, 9.17) is 29.5 Å². The van der Waals surface area contributed by atoms with Crippen LogP contribution in [0, 0.1) is 0 Å². The smallest absolute Gasteiger partial charge is 0.341 e. The number of carboxylic acid groups (broad SMARTS) is 3. The first-order valence-corrected chi connectivity index (χ1v) is 16.1. The number of benzene rings is 2. The molecule has 2 aliphatic rings. The van der Waals surface area contributed by atoms with E-state index >= 15 is 0 Å². The van der Waals surface area contributed by atoms with Crippen LogP contribution >= 0.6 is 11.8 Å². The minimum atomic E-state index is -1.25. The molecule has 2 saturated heterocycles. The topological polar surface area (TPSA) is 239 Å². The fraction of sp³-hybridized carbons (Fsp3) is 0.419. The van der Waals surface area contributed by atoms with Crippen molar-refractivity contribution < 1.29 is 58.3 Å². The molecule has 2 fully saturated rings. The third-order valence-electron chi connectivity index (χ3n) is 7.28. The van der Waals surface area contributed by atoms with Gasteiger partial charge in [0.15, 0.2) is 19.8 Å². The molecule has 0 spiro atoms. The Labute approximate surface area is 278 Å². The zero-order valence-electron chi connectivity index (χ0n) is 25.7. The fourth-order valence-electron chi connectivity index (χ4n) is 5.16. The normalized spacial score (nSPS) is 17.8. The molecule has 0 unspecified atom stereocenters. The van der Waals surface area contributed by atoms with Gasteiger partial charge in [0.05, 0.1) is 12.1 Å². The zero-order chi connectivity index (χ0) is 34.6. The molecule has 48 heavy (non-hydrogen) atoms. The Morgan fingerprint density at radius 3 is 1.92 bits per heavy atom. The maximum Gasteiger partial charge on any atom is 0.341 e. The summed E-state index contributed by atoms with van der Waals surface area (Å²) >= 11 is 1.82. The van der Waals surface area contributed by atoms with Crippen LogP contribution in [0.25, 0.3) is 11.1 Å². The van der Waals surface area contributed by atoms with Crippen LogP contribution in [0.1, 0.15) is 36.0 Å². The minimum Gasteiger partial charge on any atom is -0.482 e. The molecule has 0 aliphatic carbocycles. The highest BCUT2D eigenvalue weighted by atomic mass is 32.2. The molecule has 4 rings (SSSR count). The Balaban J connectivity index is 1.33. The number of aliphatic carboxylic acids is 3. The lowest BCUT2D eigenvalue weighted by molar-refractivity contribution is -0.140. The first-order chi connectivity index (χ1) is 23.0. The van der Waals surface area contributed by atoms with Gasteiger partial charge in [-0.3, -0.25) is 9.59 Å². The molecule has 2 aliphatic heterocycles. The van der Waals surface area contributed by atoms with E-state index in [1.807, 2.05) is 11.8 Å². The molecule has 0 aromatic heterocycles. The summed E-state index contributed by atoms with van der Waals surface area (Å²) in [5, 5.41) is 38.7. The van der Waals surface area contributed by atoms with Crippen molar-refractivity contribution in [2.75, 3.05) is 38.7 Å². The van der Waals surface area contributed by atoms with Crippen molar-refractivity contribution >= 4 is 47.5 Å². The number of hydrogen-bond acceptors (Lipinski definition) is 10. The Morgan fingerprint density at radius 2 is 1.31 bits per heavy atom. The number of thioether (sulfide) groups is 1. The van der Waals surface area contributed by atoms with Gasteiger partial charge in [-0.25, -0.2) is 19.2 Å². The summed E-state index contributed by atoms with van der Waals surface area (Å²) in [7, 11) is 0. The molecule has 2 heterocycles. The van der Waals surface area contributed by atoms with Gasteiger partial charge in [-0.2, -0.15) is 11.8 Å². The van der Waals surface area contributed by atoms with E-state index in [1.54, 1.807) is 0 Å². The molecule has 2 aromatic rings. The lowest BCUT2D eigenvalue weighted by atomic mass is 10.0. The monoisotopic (exact) mass is 688 g/mol. The van der Waals surface area contributed by atoms with E-state index in [1.165, 1.54) is 36.4 Å². The lowest BCUT2D eigenvalue weighted by Crippen LogP contribution is -2.36. The Bertz CT molecular complexity index is 1500. The summed E-state index contributed by atoms with van der Waals surface area (Å²) in [5.41, 5.74) is 0.747. The number of carbonyl (C=O) groups excluding carboxylic acids is 3. The Kier molecular flexibility index (Phi) is 12.7. The first-order valence-electron chi connectivity index (χ1n) is 15.0. The number of hydrogen-bond donors (Lipinski definition) is 7. The summed E-state index contributed by atoms with van der Waals surface area (Å²) in [6.45, 7) is -1.81. The molecular weight excluding hydrogens is 652 g/mol. The van der Waals surface area contributed by atoms with Crippen LogP contribution < -0.4 is 35.5 Å². The standard InChI is InChI=1S/C31H36N4O12S/c36-25(4-2-1-3-24-29-23(16-48-24)34-31(44)35-29)32-5-6-33-30(43)19-7-17(8-20(11-19)45-13-26(37)38)18-9-21(46-14-27(39)40)12-22(10-18)47-15-28(41)42/h7-12,23-24,29H,1-6,13-16H2,(H,32,36)(H,33,43)(H,37,38)(H,39,40)(H,41,42)(H2,34,35,44)/t23-,24-,29-/m0/s1. The Hall–Kier alpha value is -5.19. The van der Waals surface area contributed by atoms with Gasteiger partial charge < -0.3 is 50.8 Å². The van der Waals surface area contributed by atoms with Gasteiger partial charge in [0.2, 0.25) is 5.91 Å². The van der Waals surface area contributed by atoms with Gasteiger partial charge in [0.25, 0.3) is 5.91 Å². The van der Waals surface area contributed by atoms with Gasteiger partial charge in [0, 0.05) is 42.1 Å². The predicted molar refractivity (Wildman–Crippen MR) is 171 cm³/mol. The number of unbranched alkanes of at least 4 members (excludes halogenated alkanes) is 1. The third kappa shape index (κ3) is 11.0. The number of urea groups is 1. The van der Waals surface area contributed by atoms with Crippen molar-refractivity contribution in [1.29, 1.82) is 0 Å². The van der Waals surface area contributed by atoms with Gasteiger partial charge >= 0.3 is 23.9 Å². The number of nitrogens with one attached hydrogen (secondary N) is 4. The summed E-state index contributed by atoms with van der Waals surface area (Å²) in [4.78, 5) is 70.1. The van der Waals surface area contributed by atoms with Crippen LogP contribution in [-0.2, 0) is 19.2 Å². The highest BCUT2D eigenvalue weighted by molar-refractivity contribution is 8.00. The SMILES string of the molecule is O=C(O)COc1cc(OCC(=O)O)cc(-c2cc(OCC(=O)O)cc(C(=O)NCCNC(=O)CCCC[C@@H]3SC[C@@H]4NC(=O)N[C@@H]43)c2)c1. The van der Waals surface area contributed by atoms with Gasteiger partial charge in [-0.15, -0.1) is 0 Å². The molecule has 3 atom stereocenters. The molecule has 17 heteroatoms. The van der Waals surface area contributed by atoms with Crippen molar-refractivity contribution in [2.24, 2.45) is 0 Å². The number of ether oxygens (including phenoxy) is 3. The second-order valence-electron chi connectivity index (χ2n) is 11.0. The van der Waals surface area contributed by atoms with E-state index in [9.17, 15) is 28.8 Å². The quantitative estimate of drug-likeness (QED) is 0.0815. The summed E-state index contributed by atoms with van der Waals surface area (Å²) in [6, 6.07) is 8.59. The predicted octanol–water partition coefficient (Wildman–Crippen LogP) is 1.32. The van der Waals surface area contributed by atoms with Crippen molar-refractivity contribution in [3.05, 3.63) is 42.0 Å². The lowest BCUT2D eigenvalue weighted by Gasteiger charge is -2.16. The molecule has 258 valence electrons. The highest BCUT2D eigenvalue weighted by Crippen LogP contribution is 2.34. The molecular formula is C31H36N4O12S. The second kappa shape index (κ2) is 17.1. The second-order valence-corrected chi connectivity index (χ2v) is 12.2. The molecule has 0 radical (unpaired) electrons. The highest BCUT2D eigenvalue weighted by Gasteiger charge is 2.42.